The number of hydrogen-bond donors (Lipinski definition) is 0. The molecule has 0 aliphatic carbocycles. The van der Waals surface area contributed by atoms with Crippen LogP contribution in [0.2, 0.25) is 0 Å². The lowest BCUT2D eigenvalue weighted by atomic mass is 10.2. The third kappa shape index (κ3) is 2.89. The van der Waals surface area contributed by atoms with E-state index in [9.17, 15) is 9.18 Å². The molecule has 0 unspecified atom stereocenters. The zero-order valence-electron chi connectivity index (χ0n) is 8.34. The zero-order valence-corrected chi connectivity index (χ0v) is 9.92. The summed E-state index contributed by atoms with van der Waals surface area (Å²) >= 11 is 3.03. The van der Waals surface area contributed by atoms with Gasteiger partial charge in [-0.1, -0.05) is 6.08 Å². The van der Waals surface area contributed by atoms with Crippen molar-refractivity contribution >= 4 is 21.8 Å². The molecule has 1 aromatic carbocycles. The summed E-state index contributed by atoms with van der Waals surface area (Å²) in [5, 5.41) is 0. The molecule has 0 spiro atoms. The van der Waals surface area contributed by atoms with Crippen LogP contribution < -0.4 is 0 Å². The summed E-state index contributed by atoms with van der Waals surface area (Å²) in [6, 6.07) is 4.31. The molecule has 0 aliphatic rings. The van der Waals surface area contributed by atoms with E-state index in [1.807, 2.05) is 0 Å². The number of nitrogens with zero attached hydrogens (tertiary/aromatic N) is 1. The normalized spacial score (nSPS) is 9.80. The fourth-order valence-corrected chi connectivity index (χ4v) is 1.37. The molecule has 0 aromatic heterocycles. The lowest BCUT2D eigenvalue weighted by Crippen LogP contribution is -2.26. The molecule has 0 fully saturated rings. The standard InChI is InChI=1S/C11H11BrFNO/c1-3-6-14(2)11(15)8-4-5-9(12)10(13)7-8/h3-5,7H,1,6H2,2H3. The van der Waals surface area contributed by atoms with E-state index >= 15 is 0 Å². The van der Waals surface area contributed by atoms with Crippen LogP contribution in [0.15, 0.2) is 35.3 Å². The molecule has 1 aromatic rings. The van der Waals surface area contributed by atoms with Crippen LogP contribution in [-0.4, -0.2) is 24.4 Å². The molecule has 0 saturated heterocycles. The summed E-state index contributed by atoms with van der Waals surface area (Å²) in [4.78, 5) is 13.2. The Morgan fingerprint density at radius 2 is 2.33 bits per heavy atom. The quantitative estimate of drug-likeness (QED) is 0.775. The van der Waals surface area contributed by atoms with Crippen molar-refractivity contribution in [3.05, 3.63) is 46.7 Å². The van der Waals surface area contributed by atoms with E-state index in [1.54, 1.807) is 19.2 Å². The molecule has 2 nitrogen and oxygen atoms in total. The van der Waals surface area contributed by atoms with Crippen LogP contribution in [0, 0.1) is 5.82 Å². The summed E-state index contributed by atoms with van der Waals surface area (Å²) in [5.41, 5.74) is 0.333. The molecule has 80 valence electrons. The largest absolute Gasteiger partial charge is 0.338 e. The van der Waals surface area contributed by atoms with E-state index in [1.165, 1.54) is 17.0 Å². The minimum atomic E-state index is -0.437. The van der Waals surface area contributed by atoms with Gasteiger partial charge in [-0.05, 0) is 34.1 Å². The van der Waals surface area contributed by atoms with Gasteiger partial charge in [0, 0.05) is 19.2 Å². The Morgan fingerprint density at radius 1 is 1.67 bits per heavy atom. The van der Waals surface area contributed by atoms with Crippen molar-refractivity contribution in [1.82, 2.24) is 4.90 Å². The lowest BCUT2D eigenvalue weighted by molar-refractivity contribution is 0.0809. The number of likely N-dealkylation sites (N-methyl/N-ethyl adjacent to an activating group) is 1. The molecule has 0 heterocycles. The second-order valence-corrected chi connectivity index (χ2v) is 3.96. The number of hydrogen-bond acceptors (Lipinski definition) is 1. The number of amides is 1. The summed E-state index contributed by atoms with van der Waals surface area (Å²) < 4.78 is 13.5. The molecule has 0 bridgehead atoms. The minimum Gasteiger partial charge on any atom is -0.338 e. The first-order chi connectivity index (χ1) is 7.06. The van der Waals surface area contributed by atoms with Crippen LogP contribution in [0.4, 0.5) is 4.39 Å². The zero-order chi connectivity index (χ0) is 11.4. The highest BCUT2D eigenvalue weighted by atomic mass is 79.9. The van der Waals surface area contributed by atoms with Gasteiger partial charge >= 0.3 is 0 Å². The molecule has 15 heavy (non-hydrogen) atoms. The Hall–Kier alpha value is -1.16. The summed E-state index contributed by atoms with van der Waals surface area (Å²) in [7, 11) is 1.64. The highest BCUT2D eigenvalue weighted by molar-refractivity contribution is 9.10. The minimum absolute atomic E-state index is 0.221. The molecule has 1 amide bonds. The maximum Gasteiger partial charge on any atom is 0.253 e. The van der Waals surface area contributed by atoms with Crippen molar-refractivity contribution < 1.29 is 9.18 Å². The van der Waals surface area contributed by atoms with E-state index in [4.69, 9.17) is 0 Å². The van der Waals surface area contributed by atoms with Gasteiger partial charge in [0.2, 0.25) is 0 Å². The van der Waals surface area contributed by atoms with Gasteiger partial charge in [0.05, 0.1) is 4.47 Å². The van der Waals surface area contributed by atoms with Crippen LogP contribution in [0.3, 0.4) is 0 Å². The maximum absolute atomic E-state index is 13.2. The Labute approximate surface area is 96.5 Å². The number of carbonyl (C=O) groups excluding carboxylic acids is 1. The molecule has 0 aliphatic heterocycles. The van der Waals surface area contributed by atoms with Gasteiger partial charge in [0.25, 0.3) is 5.91 Å². The SMILES string of the molecule is C=CCN(C)C(=O)c1ccc(Br)c(F)c1. The Kier molecular flexibility index (Phi) is 4.03. The predicted octanol–water partition coefficient (Wildman–Crippen LogP) is 2.85. The predicted molar refractivity (Wildman–Crippen MR) is 61.3 cm³/mol. The van der Waals surface area contributed by atoms with Gasteiger partial charge in [-0.15, -0.1) is 6.58 Å². The molecular formula is C11H11BrFNO. The molecule has 0 N–H and O–H groups in total. The van der Waals surface area contributed by atoms with Crippen LogP contribution in [0.5, 0.6) is 0 Å². The first-order valence-corrected chi connectivity index (χ1v) is 5.17. The van der Waals surface area contributed by atoms with Crippen molar-refractivity contribution in [2.24, 2.45) is 0 Å². The van der Waals surface area contributed by atoms with Gasteiger partial charge < -0.3 is 4.90 Å². The van der Waals surface area contributed by atoms with Gasteiger partial charge in [-0.2, -0.15) is 0 Å². The average molecular weight is 272 g/mol. The topological polar surface area (TPSA) is 20.3 Å². The number of rotatable bonds is 3. The van der Waals surface area contributed by atoms with E-state index in [-0.39, 0.29) is 5.91 Å². The third-order valence-electron chi connectivity index (χ3n) is 1.92. The highest BCUT2D eigenvalue weighted by Crippen LogP contribution is 2.17. The fourth-order valence-electron chi connectivity index (χ4n) is 1.13. The number of halogens is 2. The van der Waals surface area contributed by atoms with Crippen LogP contribution >= 0.6 is 15.9 Å². The third-order valence-corrected chi connectivity index (χ3v) is 2.56. The van der Waals surface area contributed by atoms with E-state index in [0.29, 0.717) is 16.6 Å². The average Bonchev–Trinajstić information content (AvgIpc) is 2.21. The first kappa shape index (κ1) is 11.9. The summed E-state index contributed by atoms with van der Waals surface area (Å²) in [5.74, 6) is -0.658. The Balaban J connectivity index is 2.91. The molecule has 1 rings (SSSR count). The molecule has 0 radical (unpaired) electrons. The summed E-state index contributed by atoms with van der Waals surface area (Å²) in [6.07, 6.45) is 1.62. The van der Waals surface area contributed by atoms with Crippen molar-refractivity contribution in [3.63, 3.8) is 0 Å². The highest BCUT2D eigenvalue weighted by Gasteiger charge is 2.11. The van der Waals surface area contributed by atoms with Crippen molar-refractivity contribution in [2.75, 3.05) is 13.6 Å². The molecule has 4 heteroatoms. The van der Waals surface area contributed by atoms with Crippen LogP contribution in [0.1, 0.15) is 10.4 Å². The Morgan fingerprint density at radius 3 is 2.87 bits per heavy atom. The molecule has 0 atom stereocenters. The molecule has 0 saturated carbocycles. The van der Waals surface area contributed by atoms with Crippen molar-refractivity contribution in [3.8, 4) is 0 Å². The summed E-state index contributed by atoms with van der Waals surface area (Å²) in [6.45, 7) is 3.97. The van der Waals surface area contributed by atoms with E-state index in [0.717, 1.165) is 0 Å². The van der Waals surface area contributed by atoms with Crippen molar-refractivity contribution in [2.45, 2.75) is 0 Å². The second kappa shape index (κ2) is 5.07. The van der Waals surface area contributed by atoms with Crippen LogP contribution in [0.25, 0.3) is 0 Å². The van der Waals surface area contributed by atoms with Gasteiger partial charge in [-0.3, -0.25) is 4.79 Å². The van der Waals surface area contributed by atoms with Gasteiger partial charge in [-0.25, -0.2) is 4.39 Å². The van der Waals surface area contributed by atoms with E-state index < -0.39 is 5.82 Å². The number of carbonyl (C=O) groups is 1. The molecular weight excluding hydrogens is 261 g/mol. The van der Waals surface area contributed by atoms with Crippen LogP contribution in [-0.2, 0) is 0 Å². The smallest absolute Gasteiger partial charge is 0.253 e. The van der Waals surface area contributed by atoms with Crippen molar-refractivity contribution in [1.29, 1.82) is 0 Å². The first-order valence-electron chi connectivity index (χ1n) is 4.37. The Bertz CT molecular complexity index is 392. The van der Waals surface area contributed by atoms with Gasteiger partial charge in [0.15, 0.2) is 0 Å². The van der Waals surface area contributed by atoms with Gasteiger partial charge in [0.1, 0.15) is 5.82 Å². The van der Waals surface area contributed by atoms with E-state index in [2.05, 4.69) is 22.5 Å². The second-order valence-electron chi connectivity index (χ2n) is 3.10. The monoisotopic (exact) mass is 271 g/mol. The lowest BCUT2D eigenvalue weighted by Gasteiger charge is -2.14. The fraction of sp³-hybridized carbons (Fsp3) is 0.182. The number of benzene rings is 1. The maximum atomic E-state index is 13.2.